The van der Waals surface area contributed by atoms with Crippen LogP contribution in [0.5, 0.6) is 0 Å². The molecule has 0 fully saturated rings. The molecule has 0 heterocycles. The van der Waals surface area contributed by atoms with Gasteiger partial charge in [-0.2, -0.15) is 0 Å². The van der Waals surface area contributed by atoms with Gasteiger partial charge in [-0.05, 0) is 39.0 Å². The van der Waals surface area contributed by atoms with Crippen molar-refractivity contribution in [1.82, 2.24) is 0 Å². The lowest BCUT2D eigenvalue weighted by Gasteiger charge is -2.24. The Balaban J connectivity index is 3.05. The number of likely N-dealkylation sites (N-methyl/N-ethyl adjacent to an activating group) is 1. The molecular weight excluding hydrogens is 234 g/mol. The van der Waals surface area contributed by atoms with E-state index in [2.05, 4.69) is 4.99 Å². The van der Waals surface area contributed by atoms with Gasteiger partial charge in [0.05, 0.1) is 6.04 Å². The first-order valence-corrected chi connectivity index (χ1v) is 6.48. The number of benzene rings is 1. The number of allylic oxidation sites excluding steroid dienone is 4. The number of nitrogens with zero attached hydrogens (tertiary/aromatic N) is 2. The van der Waals surface area contributed by atoms with Crippen LogP contribution in [-0.4, -0.2) is 18.9 Å². The van der Waals surface area contributed by atoms with Gasteiger partial charge in [-0.3, -0.25) is 0 Å². The van der Waals surface area contributed by atoms with Gasteiger partial charge in [0.2, 0.25) is 0 Å². The lowest BCUT2D eigenvalue weighted by molar-refractivity contribution is 0.934. The van der Waals surface area contributed by atoms with Crippen molar-refractivity contribution in [2.75, 3.05) is 11.9 Å². The van der Waals surface area contributed by atoms with E-state index in [4.69, 9.17) is 5.73 Å². The highest BCUT2D eigenvalue weighted by atomic mass is 15.2. The summed E-state index contributed by atoms with van der Waals surface area (Å²) in [5.74, 6) is 0.851. The molecule has 1 rings (SSSR count). The highest BCUT2D eigenvalue weighted by Crippen LogP contribution is 2.14. The number of aliphatic imine (C=N–C) groups is 1. The lowest BCUT2D eigenvalue weighted by atomic mass is 10.2. The Morgan fingerprint density at radius 1 is 1.32 bits per heavy atom. The summed E-state index contributed by atoms with van der Waals surface area (Å²) in [6.07, 6.45) is 5.92. The van der Waals surface area contributed by atoms with Gasteiger partial charge in [0.1, 0.15) is 5.84 Å². The molecule has 3 nitrogen and oxygen atoms in total. The Bertz CT molecular complexity index is 470. The van der Waals surface area contributed by atoms with E-state index >= 15 is 0 Å². The van der Waals surface area contributed by atoms with Crippen molar-refractivity contribution in [3.8, 4) is 0 Å². The normalized spacial score (nSPS) is 14.8. The second kappa shape index (κ2) is 7.54. The van der Waals surface area contributed by atoms with Crippen LogP contribution in [0.25, 0.3) is 0 Å². The molecule has 1 aromatic carbocycles. The van der Waals surface area contributed by atoms with Crippen LogP contribution in [-0.2, 0) is 0 Å². The highest BCUT2D eigenvalue weighted by molar-refractivity contribution is 6.01. The quantitative estimate of drug-likeness (QED) is 0.510. The SMILES string of the molecule is C\C=C/C=C(C)/N=C(/[C@H](C)N)N(C)c1ccccc1. The Morgan fingerprint density at radius 3 is 2.47 bits per heavy atom. The molecule has 0 aliphatic rings. The average Bonchev–Trinajstić information content (AvgIpc) is 2.42. The van der Waals surface area contributed by atoms with Crippen LogP contribution in [0.1, 0.15) is 20.8 Å². The van der Waals surface area contributed by atoms with Gasteiger partial charge in [-0.1, -0.05) is 30.4 Å². The molecule has 19 heavy (non-hydrogen) atoms. The molecule has 0 amide bonds. The number of amidine groups is 1. The monoisotopic (exact) mass is 257 g/mol. The Labute approximate surface area is 116 Å². The van der Waals surface area contributed by atoms with Crippen LogP contribution in [0.4, 0.5) is 5.69 Å². The van der Waals surface area contributed by atoms with Crippen molar-refractivity contribution in [2.24, 2.45) is 10.7 Å². The van der Waals surface area contributed by atoms with Crippen molar-refractivity contribution in [3.63, 3.8) is 0 Å². The zero-order chi connectivity index (χ0) is 14.3. The van der Waals surface area contributed by atoms with Crippen molar-refractivity contribution >= 4 is 11.5 Å². The summed E-state index contributed by atoms with van der Waals surface area (Å²) >= 11 is 0. The number of rotatable bonds is 4. The predicted octanol–water partition coefficient (Wildman–Crippen LogP) is 3.35. The van der Waals surface area contributed by atoms with Gasteiger partial charge in [0, 0.05) is 18.4 Å². The van der Waals surface area contributed by atoms with Crippen molar-refractivity contribution in [3.05, 3.63) is 54.3 Å². The van der Waals surface area contributed by atoms with Crippen LogP contribution in [0.2, 0.25) is 0 Å². The number of nitrogens with two attached hydrogens (primary N) is 1. The minimum atomic E-state index is -0.126. The Hall–Kier alpha value is -1.87. The van der Waals surface area contributed by atoms with Crippen LogP contribution in [0, 0.1) is 0 Å². The van der Waals surface area contributed by atoms with E-state index in [-0.39, 0.29) is 6.04 Å². The Kier molecular flexibility index (Phi) is 6.03. The Morgan fingerprint density at radius 2 is 1.95 bits per heavy atom. The number of anilines is 1. The van der Waals surface area contributed by atoms with E-state index in [0.29, 0.717) is 0 Å². The lowest BCUT2D eigenvalue weighted by Crippen LogP contribution is -2.40. The fraction of sp³-hybridized carbons (Fsp3) is 0.312. The third kappa shape index (κ3) is 4.72. The van der Waals surface area contributed by atoms with Crippen LogP contribution < -0.4 is 10.6 Å². The van der Waals surface area contributed by atoms with E-state index in [1.54, 1.807) is 0 Å². The first-order chi connectivity index (χ1) is 9.06. The number of para-hydroxylation sites is 1. The van der Waals surface area contributed by atoms with Crippen molar-refractivity contribution < 1.29 is 0 Å². The standard InChI is InChI=1S/C16H23N3/c1-5-6-10-13(2)18-16(14(3)17)19(4)15-11-8-7-9-12-15/h5-12,14H,17H2,1-4H3/b6-5-,13-10+,18-16-/t14-/m0/s1. The molecule has 102 valence electrons. The van der Waals surface area contributed by atoms with E-state index in [1.165, 1.54) is 0 Å². The summed E-state index contributed by atoms with van der Waals surface area (Å²) in [5.41, 5.74) is 8.05. The van der Waals surface area contributed by atoms with Gasteiger partial charge >= 0.3 is 0 Å². The van der Waals surface area contributed by atoms with Gasteiger partial charge in [-0.25, -0.2) is 4.99 Å². The summed E-state index contributed by atoms with van der Waals surface area (Å²) < 4.78 is 0. The highest BCUT2D eigenvalue weighted by Gasteiger charge is 2.12. The zero-order valence-corrected chi connectivity index (χ0v) is 12.2. The topological polar surface area (TPSA) is 41.6 Å². The summed E-state index contributed by atoms with van der Waals surface area (Å²) in [5, 5.41) is 0. The van der Waals surface area contributed by atoms with E-state index in [1.807, 2.05) is 81.3 Å². The molecular formula is C16H23N3. The minimum absolute atomic E-state index is 0.126. The molecule has 0 radical (unpaired) electrons. The summed E-state index contributed by atoms with van der Waals surface area (Å²) in [6.45, 7) is 5.90. The maximum atomic E-state index is 6.03. The molecule has 0 aliphatic carbocycles. The molecule has 0 bridgehead atoms. The number of hydrogen-bond donors (Lipinski definition) is 1. The maximum Gasteiger partial charge on any atom is 0.125 e. The van der Waals surface area contributed by atoms with Crippen molar-refractivity contribution in [2.45, 2.75) is 26.8 Å². The first-order valence-electron chi connectivity index (χ1n) is 6.48. The second-order valence-corrected chi connectivity index (χ2v) is 4.49. The molecule has 3 heteroatoms. The third-order valence-corrected chi connectivity index (χ3v) is 2.72. The average molecular weight is 257 g/mol. The smallest absolute Gasteiger partial charge is 0.125 e. The van der Waals surface area contributed by atoms with Crippen LogP contribution in [0.3, 0.4) is 0 Å². The van der Waals surface area contributed by atoms with Gasteiger partial charge in [0.25, 0.3) is 0 Å². The van der Waals surface area contributed by atoms with E-state index in [9.17, 15) is 0 Å². The van der Waals surface area contributed by atoms with E-state index in [0.717, 1.165) is 17.2 Å². The largest absolute Gasteiger partial charge is 0.332 e. The third-order valence-electron chi connectivity index (χ3n) is 2.72. The molecule has 0 spiro atoms. The van der Waals surface area contributed by atoms with Gasteiger partial charge in [0.15, 0.2) is 0 Å². The van der Waals surface area contributed by atoms with Crippen molar-refractivity contribution in [1.29, 1.82) is 0 Å². The summed E-state index contributed by atoms with van der Waals surface area (Å²) in [6, 6.07) is 9.97. The molecule has 1 atom stereocenters. The predicted molar refractivity (Wildman–Crippen MR) is 84.5 cm³/mol. The zero-order valence-electron chi connectivity index (χ0n) is 12.2. The molecule has 2 N–H and O–H groups in total. The number of hydrogen-bond acceptors (Lipinski definition) is 2. The summed E-state index contributed by atoms with van der Waals surface area (Å²) in [4.78, 5) is 6.64. The molecule has 1 aromatic rings. The molecule has 0 aromatic heterocycles. The van der Waals surface area contributed by atoms with Crippen LogP contribution in [0.15, 0.2) is 59.2 Å². The maximum absolute atomic E-state index is 6.03. The van der Waals surface area contributed by atoms with Gasteiger partial charge in [-0.15, -0.1) is 0 Å². The second-order valence-electron chi connectivity index (χ2n) is 4.49. The fourth-order valence-electron chi connectivity index (χ4n) is 1.72. The molecule has 0 aliphatic heterocycles. The first kappa shape index (κ1) is 15.2. The molecule has 0 unspecified atom stereocenters. The molecule has 0 saturated carbocycles. The molecule has 0 saturated heterocycles. The minimum Gasteiger partial charge on any atom is -0.332 e. The van der Waals surface area contributed by atoms with E-state index < -0.39 is 0 Å². The van der Waals surface area contributed by atoms with Gasteiger partial charge < -0.3 is 10.6 Å². The van der Waals surface area contributed by atoms with Crippen LogP contribution >= 0.6 is 0 Å². The fourth-order valence-corrected chi connectivity index (χ4v) is 1.72. The summed E-state index contributed by atoms with van der Waals surface area (Å²) in [7, 11) is 1.99.